The van der Waals surface area contributed by atoms with E-state index in [4.69, 9.17) is 11.0 Å². The number of rotatable bonds is 2. The van der Waals surface area contributed by atoms with E-state index in [-0.39, 0.29) is 18.4 Å². The third-order valence-corrected chi connectivity index (χ3v) is 3.29. The van der Waals surface area contributed by atoms with E-state index in [2.05, 4.69) is 11.4 Å². The van der Waals surface area contributed by atoms with Gasteiger partial charge < -0.3 is 11.1 Å². The molecule has 1 aromatic carbocycles. The third-order valence-electron chi connectivity index (χ3n) is 3.29. The summed E-state index contributed by atoms with van der Waals surface area (Å²) in [6.07, 6.45) is 2.25. The molecule has 0 spiro atoms. The normalized spacial score (nSPS) is 17.9. The Morgan fingerprint density at radius 1 is 1.35 bits per heavy atom. The van der Waals surface area contributed by atoms with Gasteiger partial charge in [0.2, 0.25) is 0 Å². The molecule has 0 saturated carbocycles. The Labute approximate surface area is 108 Å². The summed E-state index contributed by atoms with van der Waals surface area (Å²) in [4.78, 5) is 0. The number of nitrogens with two attached hydrogens (primary N) is 1. The highest BCUT2D eigenvalue weighted by molar-refractivity contribution is 5.85. The minimum absolute atomic E-state index is 0. The summed E-state index contributed by atoms with van der Waals surface area (Å²) in [7, 11) is 0. The molecular weight excluding hydrogens is 234 g/mol. The molecule has 1 atom stereocenters. The molecule has 1 aliphatic heterocycles. The lowest BCUT2D eigenvalue weighted by Crippen LogP contribution is -2.33. The number of hydrogen-bond donors (Lipinski definition) is 2. The largest absolute Gasteiger partial charge is 0.324 e. The smallest absolute Gasteiger partial charge is 0.0991 e. The average molecular weight is 252 g/mol. The van der Waals surface area contributed by atoms with Crippen LogP contribution in [0.4, 0.5) is 0 Å². The van der Waals surface area contributed by atoms with Crippen LogP contribution in [-0.4, -0.2) is 13.1 Å². The van der Waals surface area contributed by atoms with Gasteiger partial charge in [-0.1, -0.05) is 12.1 Å². The van der Waals surface area contributed by atoms with Crippen LogP contribution in [0, 0.1) is 17.2 Å². The van der Waals surface area contributed by atoms with Crippen molar-refractivity contribution in [3.63, 3.8) is 0 Å². The topological polar surface area (TPSA) is 61.8 Å². The maximum atomic E-state index is 8.85. The summed E-state index contributed by atoms with van der Waals surface area (Å²) in [5.74, 6) is 0.537. The zero-order chi connectivity index (χ0) is 11.4. The van der Waals surface area contributed by atoms with E-state index in [0.717, 1.165) is 31.5 Å². The standard InChI is InChI=1S/C13H17N3.ClH/c14-9-10-2-1-3-12(8-10)13(15)11-4-6-16-7-5-11;/h1-3,8,11,13,16H,4-7,15H2;1H/t13-;/m1./s1. The third kappa shape index (κ3) is 3.44. The summed E-state index contributed by atoms with van der Waals surface area (Å²) in [6, 6.07) is 9.88. The molecule has 2 rings (SSSR count). The number of nitrogens with zero attached hydrogens (tertiary/aromatic N) is 1. The quantitative estimate of drug-likeness (QED) is 0.845. The first-order valence-corrected chi connectivity index (χ1v) is 5.77. The summed E-state index contributed by atoms with van der Waals surface area (Å²) in [6.45, 7) is 2.10. The second kappa shape index (κ2) is 6.61. The molecule has 0 unspecified atom stereocenters. The van der Waals surface area contributed by atoms with Gasteiger partial charge in [-0.15, -0.1) is 12.4 Å². The molecule has 0 aliphatic carbocycles. The van der Waals surface area contributed by atoms with Crippen molar-refractivity contribution in [1.29, 1.82) is 5.26 Å². The Balaban J connectivity index is 0.00000144. The van der Waals surface area contributed by atoms with Crippen LogP contribution < -0.4 is 11.1 Å². The minimum Gasteiger partial charge on any atom is -0.324 e. The minimum atomic E-state index is 0. The van der Waals surface area contributed by atoms with Crippen molar-refractivity contribution in [2.75, 3.05) is 13.1 Å². The van der Waals surface area contributed by atoms with Crippen LogP contribution >= 0.6 is 12.4 Å². The Morgan fingerprint density at radius 3 is 2.71 bits per heavy atom. The van der Waals surface area contributed by atoms with Gasteiger partial charge in [0.1, 0.15) is 0 Å². The summed E-state index contributed by atoms with van der Waals surface area (Å²) < 4.78 is 0. The molecule has 1 aromatic rings. The fourth-order valence-corrected chi connectivity index (χ4v) is 2.29. The van der Waals surface area contributed by atoms with Crippen LogP contribution in [0.1, 0.15) is 30.0 Å². The Hall–Kier alpha value is -1.08. The Kier molecular flexibility index (Phi) is 5.43. The number of halogens is 1. The second-order valence-electron chi connectivity index (χ2n) is 4.35. The van der Waals surface area contributed by atoms with Gasteiger partial charge in [-0.05, 0) is 49.5 Å². The molecule has 4 heteroatoms. The highest BCUT2D eigenvalue weighted by Crippen LogP contribution is 2.26. The fourth-order valence-electron chi connectivity index (χ4n) is 2.29. The van der Waals surface area contributed by atoms with Gasteiger partial charge in [0, 0.05) is 6.04 Å². The van der Waals surface area contributed by atoms with Gasteiger partial charge >= 0.3 is 0 Å². The molecule has 0 radical (unpaired) electrons. The van der Waals surface area contributed by atoms with Crippen molar-refractivity contribution in [1.82, 2.24) is 5.32 Å². The van der Waals surface area contributed by atoms with Gasteiger partial charge in [-0.3, -0.25) is 0 Å². The van der Waals surface area contributed by atoms with Gasteiger partial charge in [0.25, 0.3) is 0 Å². The summed E-state index contributed by atoms with van der Waals surface area (Å²) >= 11 is 0. The predicted molar refractivity (Wildman–Crippen MR) is 70.9 cm³/mol. The van der Waals surface area contributed by atoms with Crippen LogP contribution in [0.2, 0.25) is 0 Å². The first-order chi connectivity index (χ1) is 7.81. The van der Waals surface area contributed by atoms with E-state index in [1.54, 1.807) is 0 Å². The van der Waals surface area contributed by atoms with Crippen molar-refractivity contribution in [2.45, 2.75) is 18.9 Å². The SMILES string of the molecule is Cl.N#Cc1cccc([C@H](N)C2CCNCC2)c1. The molecular formula is C13H18ClN3. The Morgan fingerprint density at radius 2 is 2.06 bits per heavy atom. The Bertz CT molecular complexity index is 394. The monoisotopic (exact) mass is 251 g/mol. The molecule has 3 N–H and O–H groups in total. The van der Waals surface area contributed by atoms with Crippen LogP contribution in [0.25, 0.3) is 0 Å². The van der Waals surface area contributed by atoms with Gasteiger partial charge in [0.15, 0.2) is 0 Å². The van der Waals surface area contributed by atoms with Crippen molar-refractivity contribution in [2.24, 2.45) is 11.7 Å². The number of benzene rings is 1. The van der Waals surface area contributed by atoms with E-state index in [1.165, 1.54) is 0 Å². The first kappa shape index (κ1) is 14.0. The zero-order valence-electron chi connectivity index (χ0n) is 9.73. The maximum Gasteiger partial charge on any atom is 0.0991 e. The first-order valence-electron chi connectivity index (χ1n) is 5.77. The van der Waals surface area contributed by atoms with Gasteiger partial charge in [0.05, 0.1) is 11.6 Å². The molecule has 3 nitrogen and oxygen atoms in total. The van der Waals surface area contributed by atoms with Gasteiger partial charge in [-0.25, -0.2) is 0 Å². The van der Waals surface area contributed by atoms with Crippen LogP contribution in [-0.2, 0) is 0 Å². The molecule has 1 saturated heterocycles. The predicted octanol–water partition coefficient (Wildman–Crippen LogP) is 1.98. The summed E-state index contributed by atoms with van der Waals surface area (Å²) in [5, 5.41) is 12.2. The van der Waals surface area contributed by atoms with E-state index in [1.807, 2.05) is 24.3 Å². The number of piperidine rings is 1. The van der Waals surface area contributed by atoms with Crippen LogP contribution in [0.3, 0.4) is 0 Å². The number of nitrogens with one attached hydrogen (secondary N) is 1. The van der Waals surface area contributed by atoms with Crippen LogP contribution in [0.15, 0.2) is 24.3 Å². The molecule has 92 valence electrons. The lowest BCUT2D eigenvalue weighted by molar-refractivity contribution is 0.322. The molecule has 1 heterocycles. The van der Waals surface area contributed by atoms with E-state index in [0.29, 0.717) is 11.5 Å². The van der Waals surface area contributed by atoms with Crippen molar-refractivity contribution in [3.05, 3.63) is 35.4 Å². The maximum absolute atomic E-state index is 8.85. The highest BCUT2D eigenvalue weighted by atomic mass is 35.5. The molecule has 0 amide bonds. The fraction of sp³-hybridized carbons (Fsp3) is 0.462. The second-order valence-corrected chi connectivity index (χ2v) is 4.35. The van der Waals surface area contributed by atoms with E-state index < -0.39 is 0 Å². The molecule has 0 bridgehead atoms. The molecule has 0 aromatic heterocycles. The molecule has 17 heavy (non-hydrogen) atoms. The van der Waals surface area contributed by atoms with E-state index >= 15 is 0 Å². The summed E-state index contributed by atoms with van der Waals surface area (Å²) in [5.41, 5.74) is 8.04. The number of nitriles is 1. The number of hydrogen-bond acceptors (Lipinski definition) is 3. The van der Waals surface area contributed by atoms with Crippen molar-refractivity contribution < 1.29 is 0 Å². The molecule has 1 aliphatic rings. The lowest BCUT2D eigenvalue weighted by Gasteiger charge is -2.28. The van der Waals surface area contributed by atoms with E-state index in [9.17, 15) is 0 Å². The van der Waals surface area contributed by atoms with Crippen LogP contribution in [0.5, 0.6) is 0 Å². The van der Waals surface area contributed by atoms with Crippen molar-refractivity contribution in [3.8, 4) is 6.07 Å². The molecule has 1 fully saturated rings. The zero-order valence-corrected chi connectivity index (χ0v) is 10.5. The van der Waals surface area contributed by atoms with Gasteiger partial charge in [-0.2, -0.15) is 5.26 Å². The van der Waals surface area contributed by atoms with Crippen molar-refractivity contribution >= 4 is 12.4 Å². The lowest BCUT2D eigenvalue weighted by atomic mass is 9.86. The average Bonchev–Trinajstić information content (AvgIpc) is 2.39. The highest BCUT2D eigenvalue weighted by Gasteiger charge is 2.21.